The van der Waals surface area contributed by atoms with Crippen LogP contribution in [0.4, 0.5) is 8.78 Å². The first-order valence-electron chi connectivity index (χ1n) is 4.81. The molecule has 0 spiro atoms. The molecular weight excluding hydrogens is 188 g/mol. The van der Waals surface area contributed by atoms with Gasteiger partial charge in [0.1, 0.15) is 0 Å². The van der Waals surface area contributed by atoms with Crippen molar-refractivity contribution in [3.63, 3.8) is 0 Å². The molecule has 14 heavy (non-hydrogen) atoms. The first-order chi connectivity index (χ1) is 6.61. The zero-order chi connectivity index (χ0) is 11.0. The van der Waals surface area contributed by atoms with E-state index in [-0.39, 0.29) is 12.3 Å². The minimum Gasteiger partial charge on any atom is -0.339 e. The lowest BCUT2D eigenvalue weighted by atomic mass is 10.2. The molecule has 0 saturated heterocycles. The normalized spacial score (nSPS) is 10.3. The topological polar surface area (TPSA) is 20.3 Å². The van der Waals surface area contributed by atoms with Crippen molar-refractivity contribution in [3.8, 4) is 0 Å². The van der Waals surface area contributed by atoms with Crippen LogP contribution in [-0.4, -0.2) is 30.3 Å². The second-order valence-electron chi connectivity index (χ2n) is 3.01. The highest BCUT2D eigenvalue weighted by atomic mass is 19.3. The Hall–Kier alpha value is -0.930. The predicted molar refractivity (Wildman–Crippen MR) is 52.3 cm³/mol. The number of halogens is 2. The van der Waals surface area contributed by atoms with Gasteiger partial charge in [-0.2, -0.15) is 0 Å². The van der Waals surface area contributed by atoms with Crippen LogP contribution in [0, 0.1) is 0 Å². The van der Waals surface area contributed by atoms with Crippen LogP contribution in [0.5, 0.6) is 0 Å². The number of unbranched alkanes of at least 4 members (excludes halogenated alkanes) is 1. The van der Waals surface area contributed by atoms with E-state index in [1.165, 1.54) is 6.08 Å². The summed E-state index contributed by atoms with van der Waals surface area (Å²) in [5, 5.41) is 0. The van der Waals surface area contributed by atoms with Crippen LogP contribution in [0.15, 0.2) is 12.7 Å². The van der Waals surface area contributed by atoms with Gasteiger partial charge in [0.25, 0.3) is 0 Å². The van der Waals surface area contributed by atoms with Gasteiger partial charge in [0, 0.05) is 19.5 Å². The van der Waals surface area contributed by atoms with E-state index in [0.717, 1.165) is 0 Å². The van der Waals surface area contributed by atoms with Crippen LogP contribution >= 0.6 is 0 Å². The number of carbonyl (C=O) groups is 1. The van der Waals surface area contributed by atoms with Crippen molar-refractivity contribution < 1.29 is 13.6 Å². The van der Waals surface area contributed by atoms with E-state index in [1.807, 2.05) is 6.92 Å². The molecule has 0 aliphatic rings. The molecule has 1 amide bonds. The van der Waals surface area contributed by atoms with Gasteiger partial charge in [-0.3, -0.25) is 4.79 Å². The second kappa shape index (κ2) is 7.47. The van der Waals surface area contributed by atoms with Gasteiger partial charge in [0.05, 0.1) is 0 Å². The van der Waals surface area contributed by atoms with Gasteiger partial charge in [-0.1, -0.05) is 6.58 Å². The fourth-order valence-electron chi connectivity index (χ4n) is 1.15. The lowest BCUT2D eigenvalue weighted by Gasteiger charge is -2.18. The predicted octanol–water partition coefficient (Wildman–Crippen LogP) is 2.46. The van der Waals surface area contributed by atoms with E-state index in [4.69, 9.17) is 0 Å². The minimum atomic E-state index is -2.24. The average Bonchev–Trinajstić information content (AvgIpc) is 2.16. The third-order valence-electron chi connectivity index (χ3n) is 1.97. The Morgan fingerprint density at radius 3 is 2.57 bits per heavy atom. The van der Waals surface area contributed by atoms with Gasteiger partial charge in [0.2, 0.25) is 12.3 Å². The summed E-state index contributed by atoms with van der Waals surface area (Å²) in [4.78, 5) is 12.7. The Morgan fingerprint density at radius 2 is 2.14 bits per heavy atom. The van der Waals surface area contributed by atoms with Crippen LogP contribution in [0.25, 0.3) is 0 Å². The van der Waals surface area contributed by atoms with Crippen LogP contribution < -0.4 is 0 Å². The molecule has 4 heteroatoms. The molecule has 0 unspecified atom stereocenters. The first kappa shape index (κ1) is 13.1. The monoisotopic (exact) mass is 205 g/mol. The molecule has 0 radical (unpaired) electrons. The minimum absolute atomic E-state index is 0.0835. The van der Waals surface area contributed by atoms with Crippen molar-refractivity contribution in [1.29, 1.82) is 0 Å². The highest BCUT2D eigenvalue weighted by Gasteiger charge is 2.07. The number of hydrogen-bond donors (Lipinski definition) is 0. The third-order valence-corrected chi connectivity index (χ3v) is 1.97. The van der Waals surface area contributed by atoms with E-state index in [1.54, 1.807) is 4.90 Å². The molecule has 0 aliphatic heterocycles. The van der Waals surface area contributed by atoms with Crippen LogP contribution in [0.2, 0.25) is 0 Å². The summed E-state index contributed by atoms with van der Waals surface area (Å²) >= 11 is 0. The summed E-state index contributed by atoms with van der Waals surface area (Å²) in [6, 6.07) is 0. The fourth-order valence-corrected chi connectivity index (χ4v) is 1.15. The maximum Gasteiger partial charge on any atom is 0.245 e. The van der Waals surface area contributed by atoms with E-state index < -0.39 is 6.43 Å². The van der Waals surface area contributed by atoms with E-state index >= 15 is 0 Å². The molecule has 2 nitrogen and oxygen atoms in total. The molecule has 0 heterocycles. The largest absolute Gasteiger partial charge is 0.339 e. The number of amides is 1. The van der Waals surface area contributed by atoms with Gasteiger partial charge in [0.15, 0.2) is 0 Å². The number of alkyl halides is 2. The molecule has 0 bridgehead atoms. The molecule has 0 atom stereocenters. The van der Waals surface area contributed by atoms with Crippen molar-refractivity contribution in [2.24, 2.45) is 0 Å². The molecule has 0 saturated carbocycles. The lowest BCUT2D eigenvalue weighted by Crippen LogP contribution is -2.30. The van der Waals surface area contributed by atoms with Gasteiger partial charge in [-0.25, -0.2) is 8.78 Å². The standard InChI is InChI=1S/C10H17F2NO/c1-3-10(14)13(4-2)8-6-5-7-9(11)12/h3,9H,1,4-8H2,2H3. The molecule has 0 aromatic rings. The summed E-state index contributed by atoms with van der Waals surface area (Å²) in [6.45, 7) is 6.36. The quantitative estimate of drug-likeness (QED) is 0.462. The first-order valence-corrected chi connectivity index (χ1v) is 4.81. The Bertz CT molecular complexity index is 183. The number of nitrogens with zero attached hydrogens (tertiary/aromatic N) is 1. The molecular formula is C10H17F2NO. The summed E-state index contributed by atoms with van der Waals surface area (Å²) < 4.78 is 23.5. The molecule has 0 fully saturated rings. The van der Waals surface area contributed by atoms with Crippen molar-refractivity contribution in [3.05, 3.63) is 12.7 Å². The average molecular weight is 205 g/mol. The Morgan fingerprint density at radius 1 is 1.50 bits per heavy atom. The van der Waals surface area contributed by atoms with Crippen LogP contribution in [0.3, 0.4) is 0 Å². The van der Waals surface area contributed by atoms with Crippen molar-refractivity contribution in [1.82, 2.24) is 4.90 Å². The Balaban J connectivity index is 3.63. The Labute approximate surface area is 83.6 Å². The molecule has 0 aromatic carbocycles. The van der Waals surface area contributed by atoms with E-state index in [2.05, 4.69) is 6.58 Å². The zero-order valence-electron chi connectivity index (χ0n) is 8.51. The lowest BCUT2D eigenvalue weighted by molar-refractivity contribution is -0.125. The van der Waals surface area contributed by atoms with Gasteiger partial charge >= 0.3 is 0 Å². The molecule has 82 valence electrons. The highest BCUT2D eigenvalue weighted by Crippen LogP contribution is 2.06. The van der Waals surface area contributed by atoms with Crippen LogP contribution in [0.1, 0.15) is 26.2 Å². The third kappa shape index (κ3) is 5.67. The maximum atomic E-state index is 11.8. The SMILES string of the molecule is C=CC(=O)N(CC)CCCCC(F)F. The summed E-state index contributed by atoms with van der Waals surface area (Å²) in [5.74, 6) is -0.135. The number of carbonyl (C=O) groups excluding carboxylic acids is 1. The van der Waals surface area contributed by atoms with Crippen molar-refractivity contribution >= 4 is 5.91 Å². The zero-order valence-corrected chi connectivity index (χ0v) is 8.51. The van der Waals surface area contributed by atoms with Crippen molar-refractivity contribution in [2.45, 2.75) is 32.6 Å². The molecule has 0 aromatic heterocycles. The highest BCUT2D eigenvalue weighted by molar-refractivity contribution is 5.86. The van der Waals surface area contributed by atoms with Gasteiger partial charge in [-0.05, 0) is 25.8 Å². The van der Waals surface area contributed by atoms with Gasteiger partial charge < -0.3 is 4.90 Å². The molecule has 0 rings (SSSR count). The number of hydrogen-bond acceptors (Lipinski definition) is 1. The summed E-state index contributed by atoms with van der Waals surface area (Å²) in [7, 11) is 0. The second-order valence-corrected chi connectivity index (χ2v) is 3.01. The van der Waals surface area contributed by atoms with Crippen LogP contribution in [-0.2, 0) is 4.79 Å². The van der Waals surface area contributed by atoms with Gasteiger partial charge in [-0.15, -0.1) is 0 Å². The summed E-state index contributed by atoms with van der Waals surface area (Å²) in [5.41, 5.74) is 0. The smallest absolute Gasteiger partial charge is 0.245 e. The molecule has 0 aliphatic carbocycles. The summed E-state index contributed by atoms with van der Waals surface area (Å²) in [6.07, 6.45) is 0.00691. The number of rotatable bonds is 7. The van der Waals surface area contributed by atoms with E-state index in [0.29, 0.717) is 25.9 Å². The van der Waals surface area contributed by atoms with E-state index in [9.17, 15) is 13.6 Å². The van der Waals surface area contributed by atoms with Crippen molar-refractivity contribution in [2.75, 3.05) is 13.1 Å². The Kier molecular flexibility index (Phi) is 6.98. The maximum absolute atomic E-state index is 11.8. The fraction of sp³-hybridized carbons (Fsp3) is 0.700. The number of likely N-dealkylation sites (N-methyl/N-ethyl adjacent to an activating group) is 1. The molecule has 0 N–H and O–H groups in total.